The number of hydrogen-bond donors (Lipinski definition) is 0. The van der Waals surface area contributed by atoms with Gasteiger partial charge in [-0.25, -0.2) is 9.97 Å². The zero-order chi connectivity index (χ0) is 20.2. The monoisotopic (exact) mass is 389 g/mol. The van der Waals surface area contributed by atoms with Crippen LogP contribution in [0.15, 0.2) is 83.4 Å². The molecule has 3 aromatic carbocycles. The van der Waals surface area contributed by atoms with Crippen LogP contribution in [0.5, 0.6) is 0 Å². The topological polar surface area (TPSA) is 43.9 Å². The Morgan fingerprint density at radius 3 is 2.47 bits per heavy atom. The third-order valence-corrected chi connectivity index (χ3v) is 5.74. The predicted molar refractivity (Wildman–Crippen MR) is 121 cm³/mol. The molecule has 0 spiro atoms. The van der Waals surface area contributed by atoms with Gasteiger partial charge in [0.25, 0.3) is 0 Å². The van der Waals surface area contributed by atoms with Crippen molar-refractivity contribution in [2.24, 2.45) is 0 Å². The SMILES string of the molecule is Cc1ccc(-c2nc3nccc(C)c3n2-c2ccccc2)c2oc3ccccc3c12. The van der Waals surface area contributed by atoms with Crippen molar-refractivity contribution in [1.82, 2.24) is 14.5 Å². The molecule has 0 aliphatic rings. The molecule has 0 fully saturated rings. The average Bonchev–Trinajstić information content (AvgIpc) is 3.35. The van der Waals surface area contributed by atoms with Gasteiger partial charge in [-0.3, -0.25) is 4.57 Å². The molecular weight excluding hydrogens is 370 g/mol. The van der Waals surface area contributed by atoms with Gasteiger partial charge in [-0.05, 0) is 55.3 Å². The number of aryl methyl sites for hydroxylation is 2. The maximum atomic E-state index is 6.36. The van der Waals surface area contributed by atoms with E-state index in [1.165, 1.54) is 5.56 Å². The molecule has 0 aliphatic heterocycles. The van der Waals surface area contributed by atoms with Crippen LogP contribution in [-0.2, 0) is 0 Å². The number of hydrogen-bond acceptors (Lipinski definition) is 3. The van der Waals surface area contributed by atoms with Crippen LogP contribution < -0.4 is 0 Å². The molecule has 4 heteroatoms. The van der Waals surface area contributed by atoms with Crippen LogP contribution in [0, 0.1) is 13.8 Å². The summed E-state index contributed by atoms with van der Waals surface area (Å²) in [6.45, 7) is 4.22. The summed E-state index contributed by atoms with van der Waals surface area (Å²) in [5.74, 6) is 0.835. The van der Waals surface area contributed by atoms with E-state index in [-0.39, 0.29) is 0 Å². The van der Waals surface area contributed by atoms with E-state index in [9.17, 15) is 0 Å². The second kappa shape index (κ2) is 6.29. The molecule has 0 aliphatic carbocycles. The molecule has 0 bridgehead atoms. The molecule has 6 rings (SSSR count). The number of nitrogens with zero attached hydrogens (tertiary/aromatic N) is 3. The van der Waals surface area contributed by atoms with Crippen molar-refractivity contribution in [3.05, 3.63) is 90.1 Å². The quantitative estimate of drug-likeness (QED) is 0.335. The standard InChI is InChI=1S/C26H19N3O/c1-16-12-13-20(24-22(16)19-10-6-7-11-21(19)30-24)26-28-25-23(17(2)14-15-27-25)29(26)18-8-4-3-5-9-18/h3-15H,1-2H3. The summed E-state index contributed by atoms with van der Waals surface area (Å²) in [4.78, 5) is 9.51. The number of fused-ring (bicyclic) bond motifs is 4. The van der Waals surface area contributed by atoms with Crippen LogP contribution in [-0.4, -0.2) is 14.5 Å². The maximum absolute atomic E-state index is 6.36. The zero-order valence-corrected chi connectivity index (χ0v) is 16.8. The number of benzene rings is 3. The Morgan fingerprint density at radius 1 is 0.800 bits per heavy atom. The van der Waals surface area contributed by atoms with Crippen LogP contribution in [0.3, 0.4) is 0 Å². The Labute approximate surface area is 173 Å². The van der Waals surface area contributed by atoms with Crippen LogP contribution >= 0.6 is 0 Å². The smallest absolute Gasteiger partial charge is 0.178 e. The molecular formula is C26H19N3O. The lowest BCUT2D eigenvalue weighted by Crippen LogP contribution is -1.99. The molecule has 0 N–H and O–H groups in total. The van der Waals surface area contributed by atoms with Crippen molar-refractivity contribution in [1.29, 1.82) is 0 Å². The van der Waals surface area contributed by atoms with Crippen molar-refractivity contribution in [2.75, 3.05) is 0 Å². The van der Waals surface area contributed by atoms with Gasteiger partial charge in [-0.2, -0.15) is 0 Å². The van der Waals surface area contributed by atoms with Gasteiger partial charge in [-0.15, -0.1) is 0 Å². The van der Waals surface area contributed by atoms with E-state index in [1.54, 1.807) is 0 Å². The van der Waals surface area contributed by atoms with E-state index >= 15 is 0 Å². The highest BCUT2D eigenvalue weighted by atomic mass is 16.3. The number of aromatic nitrogens is 3. The van der Waals surface area contributed by atoms with E-state index in [2.05, 4.69) is 59.8 Å². The van der Waals surface area contributed by atoms with E-state index in [0.29, 0.717) is 0 Å². The number of pyridine rings is 1. The molecule has 0 atom stereocenters. The fraction of sp³-hybridized carbons (Fsp3) is 0.0769. The van der Waals surface area contributed by atoms with Crippen molar-refractivity contribution in [3.63, 3.8) is 0 Å². The normalized spacial score (nSPS) is 11.7. The zero-order valence-electron chi connectivity index (χ0n) is 16.8. The van der Waals surface area contributed by atoms with E-state index < -0.39 is 0 Å². The first-order chi connectivity index (χ1) is 14.7. The predicted octanol–water partition coefficient (Wildman–Crippen LogP) is 6.60. The summed E-state index contributed by atoms with van der Waals surface area (Å²) in [6.07, 6.45) is 1.82. The average molecular weight is 389 g/mol. The van der Waals surface area contributed by atoms with Crippen molar-refractivity contribution in [3.8, 4) is 17.1 Å². The molecule has 0 saturated carbocycles. The van der Waals surface area contributed by atoms with Crippen molar-refractivity contribution >= 4 is 33.1 Å². The first-order valence-corrected chi connectivity index (χ1v) is 10.0. The second-order valence-electron chi connectivity index (χ2n) is 7.64. The third-order valence-electron chi connectivity index (χ3n) is 5.74. The van der Waals surface area contributed by atoms with E-state index in [0.717, 1.165) is 55.7 Å². The molecule has 144 valence electrons. The van der Waals surface area contributed by atoms with E-state index in [1.807, 2.05) is 42.6 Å². The summed E-state index contributed by atoms with van der Waals surface area (Å²) in [7, 11) is 0. The van der Waals surface area contributed by atoms with E-state index in [4.69, 9.17) is 9.40 Å². The van der Waals surface area contributed by atoms with Crippen LogP contribution in [0.4, 0.5) is 0 Å². The highest BCUT2D eigenvalue weighted by Crippen LogP contribution is 2.39. The Kier molecular flexibility index (Phi) is 3.56. The highest BCUT2D eigenvalue weighted by Gasteiger charge is 2.21. The summed E-state index contributed by atoms with van der Waals surface area (Å²) in [6, 6.07) is 24.8. The first kappa shape index (κ1) is 17.0. The van der Waals surface area contributed by atoms with Gasteiger partial charge in [0.1, 0.15) is 11.2 Å². The van der Waals surface area contributed by atoms with Crippen LogP contribution in [0.2, 0.25) is 0 Å². The molecule has 3 heterocycles. The van der Waals surface area contributed by atoms with Gasteiger partial charge >= 0.3 is 0 Å². The summed E-state index contributed by atoms with van der Waals surface area (Å²) in [5.41, 5.74) is 7.85. The van der Waals surface area contributed by atoms with Gasteiger partial charge in [0.15, 0.2) is 11.5 Å². The fourth-order valence-corrected chi connectivity index (χ4v) is 4.33. The Bertz CT molecular complexity index is 1560. The Hall–Kier alpha value is -3.92. The van der Waals surface area contributed by atoms with Gasteiger partial charge < -0.3 is 4.42 Å². The van der Waals surface area contributed by atoms with Gasteiger partial charge in [-0.1, -0.05) is 42.5 Å². The fourth-order valence-electron chi connectivity index (χ4n) is 4.33. The summed E-state index contributed by atoms with van der Waals surface area (Å²) in [5, 5.41) is 2.27. The first-order valence-electron chi connectivity index (χ1n) is 10.0. The number of furan rings is 1. The van der Waals surface area contributed by atoms with Crippen molar-refractivity contribution in [2.45, 2.75) is 13.8 Å². The summed E-state index contributed by atoms with van der Waals surface area (Å²) < 4.78 is 8.55. The maximum Gasteiger partial charge on any atom is 0.178 e. The van der Waals surface area contributed by atoms with Crippen LogP contribution in [0.1, 0.15) is 11.1 Å². The molecule has 0 unspecified atom stereocenters. The Balaban J connectivity index is 1.78. The molecule has 6 aromatic rings. The minimum absolute atomic E-state index is 0.735. The molecule has 0 saturated heterocycles. The highest BCUT2D eigenvalue weighted by molar-refractivity contribution is 6.11. The number of para-hydroxylation sites is 2. The Morgan fingerprint density at radius 2 is 1.60 bits per heavy atom. The molecule has 4 nitrogen and oxygen atoms in total. The lowest BCUT2D eigenvalue weighted by molar-refractivity contribution is 0.669. The minimum Gasteiger partial charge on any atom is -0.455 e. The summed E-state index contributed by atoms with van der Waals surface area (Å²) >= 11 is 0. The van der Waals surface area contributed by atoms with Gasteiger partial charge in [0.05, 0.1) is 11.1 Å². The molecule has 0 amide bonds. The molecule has 30 heavy (non-hydrogen) atoms. The van der Waals surface area contributed by atoms with Gasteiger partial charge in [0.2, 0.25) is 0 Å². The largest absolute Gasteiger partial charge is 0.455 e. The molecule has 0 radical (unpaired) electrons. The van der Waals surface area contributed by atoms with Crippen LogP contribution in [0.25, 0.3) is 50.2 Å². The van der Waals surface area contributed by atoms with Gasteiger partial charge in [0, 0.05) is 22.7 Å². The second-order valence-corrected chi connectivity index (χ2v) is 7.64. The number of imidazole rings is 1. The lowest BCUT2D eigenvalue weighted by atomic mass is 10.0. The number of rotatable bonds is 2. The molecule has 3 aromatic heterocycles. The third kappa shape index (κ3) is 2.34. The van der Waals surface area contributed by atoms with Crippen molar-refractivity contribution < 1.29 is 4.42 Å². The minimum atomic E-state index is 0.735. The lowest BCUT2D eigenvalue weighted by Gasteiger charge is -2.11.